The lowest BCUT2D eigenvalue weighted by molar-refractivity contribution is -0.137. The molecule has 2 N–H and O–H groups in total. The summed E-state index contributed by atoms with van der Waals surface area (Å²) in [6.07, 6.45) is 2.35. The van der Waals surface area contributed by atoms with Crippen molar-refractivity contribution in [1.29, 1.82) is 0 Å². The van der Waals surface area contributed by atoms with Gasteiger partial charge in [0.1, 0.15) is 0 Å². The molecule has 1 heterocycles. The number of carbonyl (C=O) groups is 3. The predicted molar refractivity (Wildman–Crippen MR) is 53.1 cm³/mol. The molecule has 0 radical (unpaired) electrons. The van der Waals surface area contributed by atoms with Crippen LogP contribution in [0.25, 0.3) is 0 Å². The molecule has 5 heteroatoms. The molecule has 0 aromatic carbocycles. The van der Waals surface area contributed by atoms with E-state index in [1.165, 1.54) is 12.2 Å². The fourth-order valence-electron chi connectivity index (χ4n) is 0.874. The Morgan fingerprint density at radius 3 is 2.14 bits per heavy atom. The van der Waals surface area contributed by atoms with E-state index < -0.39 is 5.91 Å². The zero-order chi connectivity index (χ0) is 11.1. The van der Waals surface area contributed by atoms with E-state index in [1.54, 1.807) is 0 Å². The van der Waals surface area contributed by atoms with Crippen LogP contribution in [0.2, 0.25) is 0 Å². The number of hydrogen-bond acceptors (Lipinski definition) is 3. The molecule has 5 nitrogen and oxygen atoms in total. The van der Waals surface area contributed by atoms with Crippen LogP contribution >= 0.6 is 0 Å². The molecule has 0 fully saturated rings. The van der Waals surface area contributed by atoms with Gasteiger partial charge in [0.2, 0.25) is 5.91 Å². The number of nitrogens with two attached hydrogens (primary N) is 1. The Morgan fingerprint density at radius 2 is 1.79 bits per heavy atom. The largest absolute Gasteiger partial charge is 0.370 e. The number of primary amides is 1. The average molecular weight is 200 g/mol. The third-order valence-electron chi connectivity index (χ3n) is 1.48. The highest BCUT2D eigenvalue weighted by molar-refractivity contribution is 6.13. The first-order valence-electron chi connectivity index (χ1n) is 4.43. The predicted octanol–water partition coefficient (Wildman–Crippen LogP) is 0.0590. The molecule has 0 saturated heterocycles. The second kappa shape index (κ2) is 5.90. The van der Waals surface area contributed by atoms with Gasteiger partial charge in [-0.15, -0.1) is 0 Å². The molecular weight excluding hydrogens is 184 g/mol. The monoisotopic (exact) mass is 200 g/mol. The maximum Gasteiger partial charge on any atom is 0.253 e. The first kappa shape index (κ1) is 12.3. The van der Waals surface area contributed by atoms with E-state index in [0.29, 0.717) is 0 Å². The summed E-state index contributed by atoms with van der Waals surface area (Å²) in [6, 6.07) is 0. The molecule has 0 spiro atoms. The summed E-state index contributed by atoms with van der Waals surface area (Å²) in [6.45, 7) is 4.07. The van der Waals surface area contributed by atoms with Gasteiger partial charge < -0.3 is 5.73 Å². The molecule has 14 heavy (non-hydrogen) atoms. The summed E-state index contributed by atoms with van der Waals surface area (Å²) in [7, 11) is 0. The van der Waals surface area contributed by atoms with Gasteiger partial charge in [0.15, 0.2) is 0 Å². The van der Waals surface area contributed by atoms with E-state index in [2.05, 4.69) is 0 Å². The van der Waals surface area contributed by atoms with E-state index in [-0.39, 0.29) is 26.2 Å². The van der Waals surface area contributed by atoms with Gasteiger partial charge in [-0.05, 0) is 0 Å². The van der Waals surface area contributed by atoms with Crippen LogP contribution in [-0.2, 0) is 14.4 Å². The number of nitrogens with zero attached hydrogens (tertiary/aromatic N) is 1. The zero-order valence-electron chi connectivity index (χ0n) is 8.32. The molecule has 0 unspecified atom stereocenters. The maximum absolute atomic E-state index is 10.9. The lowest BCUT2D eigenvalue weighted by Crippen LogP contribution is -2.33. The van der Waals surface area contributed by atoms with E-state index in [4.69, 9.17) is 5.73 Å². The van der Waals surface area contributed by atoms with E-state index in [1.807, 2.05) is 13.8 Å². The smallest absolute Gasteiger partial charge is 0.253 e. The van der Waals surface area contributed by atoms with Gasteiger partial charge in [-0.25, -0.2) is 0 Å². The van der Waals surface area contributed by atoms with E-state index in [0.717, 1.165) is 4.90 Å². The second-order valence-electron chi connectivity index (χ2n) is 2.38. The first-order valence-corrected chi connectivity index (χ1v) is 4.43. The number of amides is 3. The summed E-state index contributed by atoms with van der Waals surface area (Å²) < 4.78 is 0. The van der Waals surface area contributed by atoms with Crippen molar-refractivity contribution in [3.05, 3.63) is 12.2 Å². The number of hydrogen-bond donors (Lipinski definition) is 1. The van der Waals surface area contributed by atoms with Crippen LogP contribution < -0.4 is 5.73 Å². The zero-order valence-corrected chi connectivity index (χ0v) is 8.32. The quantitative estimate of drug-likeness (QED) is 0.654. The van der Waals surface area contributed by atoms with Gasteiger partial charge in [0.25, 0.3) is 11.8 Å². The normalized spacial score (nSPS) is 14.0. The summed E-state index contributed by atoms with van der Waals surface area (Å²) >= 11 is 0. The van der Waals surface area contributed by atoms with Crippen molar-refractivity contribution in [2.24, 2.45) is 5.73 Å². The Hall–Kier alpha value is -1.65. The summed E-state index contributed by atoms with van der Waals surface area (Å²) in [5.41, 5.74) is 4.85. The Labute approximate surface area is 84.0 Å². The highest BCUT2D eigenvalue weighted by Gasteiger charge is 2.22. The van der Waals surface area contributed by atoms with Gasteiger partial charge in [-0.3, -0.25) is 19.3 Å². The fourth-order valence-corrected chi connectivity index (χ4v) is 0.874. The van der Waals surface area contributed by atoms with Gasteiger partial charge in [-0.1, -0.05) is 13.8 Å². The molecule has 3 amide bonds. The third-order valence-corrected chi connectivity index (χ3v) is 1.48. The van der Waals surface area contributed by atoms with Gasteiger partial charge in [0, 0.05) is 26.5 Å². The van der Waals surface area contributed by atoms with Gasteiger partial charge in [-0.2, -0.15) is 0 Å². The molecule has 0 aromatic rings. The average Bonchev–Trinajstić information content (AvgIpc) is 2.47. The molecule has 0 bridgehead atoms. The van der Waals surface area contributed by atoms with Crippen molar-refractivity contribution in [2.45, 2.75) is 20.3 Å². The topological polar surface area (TPSA) is 80.5 Å². The molecule has 80 valence electrons. The number of imide groups is 1. The summed E-state index contributed by atoms with van der Waals surface area (Å²) in [5.74, 6) is -1.30. The molecule has 0 atom stereocenters. The van der Waals surface area contributed by atoms with Crippen molar-refractivity contribution in [2.75, 3.05) is 6.54 Å². The minimum absolute atomic E-state index is 0. The highest BCUT2D eigenvalue weighted by atomic mass is 16.2. The highest BCUT2D eigenvalue weighted by Crippen LogP contribution is 2.03. The Balaban J connectivity index is 0. The molecular formula is C9H16N2O3. The Bertz CT molecular complexity index is 259. The molecule has 0 saturated carbocycles. The van der Waals surface area contributed by atoms with Crippen molar-refractivity contribution >= 4 is 17.7 Å². The van der Waals surface area contributed by atoms with Gasteiger partial charge >= 0.3 is 0 Å². The molecule has 1 aliphatic rings. The summed E-state index contributed by atoms with van der Waals surface area (Å²) in [4.78, 5) is 33.0. The third kappa shape index (κ3) is 3.38. The summed E-state index contributed by atoms with van der Waals surface area (Å²) in [5, 5.41) is 0. The van der Waals surface area contributed by atoms with Crippen LogP contribution in [0, 0.1) is 0 Å². The van der Waals surface area contributed by atoms with Crippen LogP contribution in [0.4, 0.5) is 0 Å². The molecule has 0 aliphatic carbocycles. The molecule has 1 aliphatic heterocycles. The van der Waals surface area contributed by atoms with Crippen LogP contribution in [0.1, 0.15) is 21.7 Å². The van der Waals surface area contributed by atoms with E-state index in [9.17, 15) is 14.4 Å². The number of rotatable bonds is 3. The Kier molecular flexibility index (Phi) is 5.21. The van der Waals surface area contributed by atoms with Gasteiger partial charge in [0.05, 0.1) is 0 Å². The number of carbonyl (C=O) groups excluding carboxylic acids is 3. The van der Waals surface area contributed by atoms with Crippen LogP contribution in [0.3, 0.4) is 0 Å². The SMILES string of the molecule is CC.NC(=O)CCN1C(=O)C=CC1=O.[HH]. The van der Waals surface area contributed by atoms with Crippen LogP contribution in [0.5, 0.6) is 0 Å². The molecule has 1 rings (SSSR count). The van der Waals surface area contributed by atoms with E-state index >= 15 is 0 Å². The lowest BCUT2D eigenvalue weighted by atomic mass is 10.4. The van der Waals surface area contributed by atoms with Crippen molar-refractivity contribution in [1.82, 2.24) is 4.90 Å². The van der Waals surface area contributed by atoms with Crippen LogP contribution in [-0.4, -0.2) is 29.2 Å². The maximum atomic E-state index is 10.9. The standard InChI is InChI=1S/C7H8N2O3.C2H6.H2/c8-5(10)3-4-9-6(11)1-2-7(9)12;1-2;/h1-2H,3-4H2,(H2,8,10);1-2H3;1H. The first-order chi connectivity index (χ1) is 6.61. The lowest BCUT2D eigenvalue weighted by Gasteiger charge is -2.11. The van der Waals surface area contributed by atoms with Crippen molar-refractivity contribution in [3.8, 4) is 0 Å². The van der Waals surface area contributed by atoms with Crippen LogP contribution in [0.15, 0.2) is 12.2 Å². The van der Waals surface area contributed by atoms with Crippen molar-refractivity contribution < 1.29 is 15.8 Å². The second-order valence-corrected chi connectivity index (χ2v) is 2.38. The minimum atomic E-state index is -0.525. The Morgan fingerprint density at radius 1 is 1.36 bits per heavy atom. The molecule has 0 aromatic heterocycles. The minimum Gasteiger partial charge on any atom is -0.370 e. The fraction of sp³-hybridized carbons (Fsp3) is 0.444. The van der Waals surface area contributed by atoms with Crippen molar-refractivity contribution in [3.63, 3.8) is 0 Å².